The van der Waals surface area contributed by atoms with Crippen molar-refractivity contribution in [1.29, 1.82) is 0 Å². The molecule has 0 spiro atoms. The van der Waals surface area contributed by atoms with Crippen LogP contribution in [0.1, 0.15) is 15.9 Å². The molecule has 0 amide bonds. The second-order valence-corrected chi connectivity index (χ2v) is 6.12. The van der Waals surface area contributed by atoms with Gasteiger partial charge in [0, 0.05) is 30.3 Å². The van der Waals surface area contributed by atoms with E-state index in [9.17, 15) is 4.79 Å². The van der Waals surface area contributed by atoms with Crippen molar-refractivity contribution in [2.75, 3.05) is 13.2 Å². The van der Waals surface area contributed by atoms with Gasteiger partial charge in [0.1, 0.15) is 0 Å². The number of ketones is 1. The van der Waals surface area contributed by atoms with Gasteiger partial charge in [-0.25, -0.2) is 0 Å². The molecule has 1 N–H and O–H groups in total. The monoisotopic (exact) mass is 342 g/mol. The van der Waals surface area contributed by atoms with Gasteiger partial charge in [0.25, 0.3) is 0 Å². The number of rotatable bonds is 6. The minimum absolute atomic E-state index is 0.0241. The first kappa shape index (κ1) is 16.4. The molecule has 2 rings (SSSR count). The Bertz CT molecular complexity index is 647. The van der Waals surface area contributed by atoms with E-state index in [4.69, 9.17) is 32.8 Å². The molecule has 0 aliphatic rings. The maximum atomic E-state index is 12.5. The summed E-state index contributed by atoms with van der Waals surface area (Å²) in [7, 11) is 0.0817. The Labute approximate surface area is 134 Å². The van der Waals surface area contributed by atoms with Crippen LogP contribution in [0, 0.1) is 0 Å². The molecule has 110 valence electrons. The van der Waals surface area contributed by atoms with E-state index in [-0.39, 0.29) is 27.8 Å². The van der Waals surface area contributed by atoms with Crippen molar-refractivity contribution in [1.82, 2.24) is 0 Å². The van der Waals surface area contributed by atoms with Gasteiger partial charge >= 0.3 is 0 Å². The van der Waals surface area contributed by atoms with Gasteiger partial charge in [-0.1, -0.05) is 41.4 Å². The molecular weight excluding hydrogens is 330 g/mol. The SMILES string of the molecule is O=C(c1cccc(POCCO)c1)c1cc(Cl)ccc1Cl. The molecule has 0 bridgehead atoms. The van der Waals surface area contributed by atoms with Crippen LogP contribution in [0.4, 0.5) is 0 Å². The Hall–Kier alpha value is -0.960. The van der Waals surface area contributed by atoms with Crippen LogP contribution in [0.25, 0.3) is 0 Å². The first-order valence-electron chi connectivity index (χ1n) is 6.20. The van der Waals surface area contributed by atoms with Crippen LogP contribution in [0.15, 0.2) is 42.5 Å². The number of carbonyl (C=O) groups excluding carboxylic acids is 1. The number of hydrogen-bond acceptors (Lipinski definition) is 3. The second kappa shape index (κ2) is 7.88. The van der Waals surface area contributed by atoms with Gasteiger partial charge in [-0.2, -0.15) is 0 Å². The van der Waals surface area contributed by atoms with Gasteiger partial charge in [-0.05, 0) is 24.3 Å². The number of hydrogen-bond donors (Lipinski definition) is 1. The quantitative estimate of drug-likeness (QED) is 0.496. The normalized spacial score (nSPS) is 11.2. The Kier molecular flexibility index (Phi) is 6.16. The lowest BCUT2D eigenvalue weighted by atomic mass is 10.0. The van der Waals surface area contributed by atoms with E-state index >= 15 is 0 Å². The molecule has 0 saturated carbocycles. The maximum Gasteiger partial charge on any atom is 0.194 e. The van der Waals surface area contributed by atoms with Crippen LogP contribution >= 0.6 is 32.0 Å². The van der Waals surface area contributed by atoms with E-state index in [1.807, 2.05) is 6.07 Å². The molecule has 0 aliphatic carbocycles. The lowest BCUT2D eigenvalue weighted by Crippen LogP contribution is -2.06. The topological polar surface area (TPSA) is 46.5 Å². The van der Waals surface area contributed by atoms with E-state index in [2.05, 4.69) is 0 Å². The molecule has 2 aromatic carbocycles. The van der Waals surface area contributed by atoms with Crippen molar-refractivity contribution in [3.63, 3.8) is 0 Å². The molecular formula is C15H13Cl2O3P. The van der Waals surface area contributed by atoms with Crippen molar-refractivity contribution in [2.45, 2.75) is 0 Å². The highest BCUT2D eigenvalue weighted by Gasteiger charge is 2.14. The standard InChI is InChI=1S/C15H13Cl2O3P/c16-11-4-5-14(17)13(9-11)15(19)10-2-1-3-12(8-10)21-20-7-6-18/h1-5,8-9,18,21H,6-7H2. The first-order valence-corrected chi connectivity index (χ1v) is 7.86. The molecule has 0 saturated heterocycles. The van der Waals surface area contributed by atoms with Crippen LogP contribution in [0.3, 0.4) is 0 Å². The zero-order valence-electron chi connectivity index (χ0n) is 11.0. The average Bonchev–Trinajstić information content (AvgIpc) is 2.49. The zero-order chi connectivity index (χ0) is 15.2. The summed E-state index contributed by atoms with van der Waals surface area (Å²) in [6.45, 7) is 0.250. The third-order valence-corrected chi connectivity index (χ3v) is 4.14. The summed E-state index contributed by atoms with van der Waals surface area (Å²) in [6.07, 6.45) is 0. The minimum Gasteiger partial charge on any atom is -0.394 e. The van der Waals surface area contributed by atoms with Crippen molar-refractivity contribution in [3.05, 3.63) is 63.6 Å². The predicted molar refractivity (Wildman–Crippen MR) is 87.3 cm³/mol. The molecule has 0 radical (unpaired) electrons. The smallest absolute Gasteiger partial charge is 0.194 e. The lowest BCUT2D eigenvalue weighted by Gasteiger charge is -2.07. The Morgan fingerprint density at radius 3 is 2.76 bits per heavy atom. The van der Waals surface area contributed by atoms with E-state index in [1.54, 1.807) is 36.4 Å². The fourth-order valence-corrected chi connectivity index (χ4v) is 2.85. The van der Waals surface area contributed by atoms with Crippen LogP contribution < -0.4 is 5.30 Å². The molecule has 3 nitrogen and oxygen atoms in total. The fourth-order valence-electron chi connectivity index (χ4n) is 1.73. The van der Waals surface area contributed by atoms with E-state index < -0.39 is 0 Å². The van der Waals surface area contributed by atoms with Crippen LogP contribution in [0.5, 0.6) is 0 Å². The van der Waals surface area contributed by atoms with Crippen molar-refractivity contribution in [2.24, 2.45) is 0 Å². The number of benzene rings is 2. The Morgan fingerprint density at radius 1 is 1.19 bits per heavy atom. The van der Waals surface area contributed by atoms with Gasteiger partial charge in [-0.15, -0.1) is 0 Å². The maximum absolute atomic E-state index is 12.5. The van der Waals surface area contributed by atoms with Crippen LogP contribution in [0.2, 0.25) is 10.0 Å². The Balaban J connectivity index is 2.23. The third-order valence-electron chi connectivity index (χ3n) is 2.68. The molecule has 0 fully saturated rings. The highest BCUT2D eigenvalue weighted by Crippen LogP contribution is 2.23. The van der Waals surface area contributed by atoms with E-state index in [1.165, 1.54) is 0 Å². The minimum atomic E-state index is -0.184. The van der Waals surface area contributed by atoms with Crippen LogP contribution in [-0.2, 0) is 4.52 Å². The van der Waals surface area contributed by atoms with E-state index in [0.29, 0.717) is 21.2 Å². The third kappa shape index (κ3) is 4.50. The summed E-state index contributed by atoms with van der Waals surface area (Å²) < 4.78 is 5.27. The summed E-state index contributed by atoms with van der Waals surface area (Å²) in [4.78, 5) is 12.5. The summed E-state index contributed by atoms with van der Waals surface area (Å²) in [5, 5.41) is 10.4. The molecule has 2 aromatic rings. The summed E-state index contributed by atoms with van der Waals surface area (Å²) in [5.74, 6) is -0.184. The fraction of sp³-hybridized carbons (Fsp3) is 0.133. The van der Waals surface area contributed by atoms with Gasteiger partial charge in [0.15, 0.2) is 5.78 Å². The summed E-state index contributed by atoms with van der Waals surface area (Å²) in [6, 6.07) is 11.9. The number of aliphatic hydroxyl groups excluding tert-OH is 1. The van der Waals surface area contributed by atoms with E-state index in [0.717, 1.165) is 5.30 Å². The van der Waals surface area contributed by atoms with Gasteiger partial charge in [-0.3, -0.25) is 4.79 Å². The largest absolute Gasteiger partial charge is 0.394 e. The highest BCUT2D eigenvalue weighted by molar-refractivity contribution is 7.41. The average molecular weight is 343 g/mol. The van der Waals surface area contributed by atoms with Crippen molar-refractivity contribution in [3.8, 4) is 0 Å². The van der Waals surface area contributed by atoms with Crippen LogP contribution in [-0.4, -0.2) is 24.1 Å². The van der Waals surface area contributed by atoms with Gasteiger partial charge in [0.2, 0.25) is 0 Å². The number of aliphatic hydroxyl groups is 1. The molecule has 0 aromatic heterocycles. The van der Waals surface area contributed by atoms with Crippen molar-refractivity contribution >= 4 is 43.1 Å². The predicted octanol–water partition coefficient (Wildman–Crippen LogP) is 3.45. The van der Waals surface area contributed by atoms with Gasteiger partial charge in [0.05, 0.1) is 18.2 Å². The molecule has 0 heterocycles. The molecule has 1 unspecified atom stereocenters. The summed E-state index contributed by atoms with van der Waals surface area (Å²) >= 11 is 12.0. The Morgan fingerprint density at radius 2 is 2.00 bits per heavy atom. The highest BCUT2D eigenvalue weighted by atomic mass is 35.5. The zero-order valence-corrected chi connectivity index (χ0v) is 13.5. The first-order chi connectivity index (χ1) is 10.1. The summed E-state index contributed by atoms with van der Waals surface area (Å²) in [5.41, 5.74) is 0.901. The van der Waals surface area contributed by atoms with Crippen molar-refractivity contribution < 1.29 is 14.4 Å². The molecule has 1 atom stereocenters. The number of halogens is 2. The molecule has 6 heteroatoms. The van der Waals surface area contributed by atoms with Gasteiger partial charge < -0.3 is 9.63 Å². The second-order valence-electron chi connectivity index (χ2n) is 4.21. The molecule has 21 heavy (non-hydrogen) atoms. The number of carbonyl (C=O) groups is 1. The molecule has 0 aliphatic heterocycles. The lowest BCUT2D eigenvalue weighted by molar-refractivity contribution is 0.103.